The molecule has 1 saturated heterocycles. The second-order valence-electron chi connectivity index (χ2n) is 12.0. The lowest BCUT2D eigenvalue weighted by Crippen LogP contribution is -3.27. The summed E-state index contributed by atoms with van der Waals surface area (Å²) in [6, 6.07) is 8.54. The van der Waals surface area contributed by atoms with Gasteiger partial charge >= 0.3 is 0 Å². The second-order valence-corrected chi connectivity index (χ2v) is 12.0. The number of nitrogens with one attached hydrogen (secondary N) is 2. The minimum Gasteiger partial charge on any atom is -0.507 e. The predicted molar refractivity (Wildman–Crippen MR) is 132 cm³/mol. The summed E-state index contributed by atoms with van der Waals surface area (Å²) < 4.78 is 0. The molecule has 2 aromatic rings. The standard InChI is InChI=1S/C28H42N2O2/c1-19-13-21(25(31)23(15-19)27(3,4)5)17-29-9-11-30(12-10-29)18-22-14-20(2)16-24(26(22)32)28(6,7)8/h13-16,31-32H,9-12,17-18H2,1-8H3/p+2. The summed E-state index contributed by atoms with van der Waals surface area (Å²) in [6.07, 6.45) is 0. The van der Waals surface area contributed by atoms with E-state index in [1.165, 1.54) is 20.9 Å². The van der Waals surface area contributed by atoms with E-state index in [0.29, 0.717) is 11.5 Å². The molecule has 0 radical (unpaired) electrons. The van der Waals surface area contributed by atoms with E-state index in [-0.39, 0.29) is 10.8 Å². The van der Waals surface area contributed by atoms with Gasteiger partial charge in [0.05, 0.1) is 0 Å². The molecule has 0 spiro atoms. The Bertz CT molecular complexity index is 879. The quantitative estimate of drug-likeness (QED) is 0.591. The van der Waals surface area contributed by atoms with E-state index >= 15 is 0 Å². The van der Waals surface area contributed by atoms with Crippen molar-refractivity contribution in [2.75, 3.05) is 26.2 Å². The average Bonchev–Trinajstić information content (AvgIpc) is 2.66. The lowest BCUT2D eigenvalue weighted by Gasteiger charge is -2.31. The molecule has 2 aromatic carbocycles. The van der Waals surface area contributed by atoms with Crippen molar-refractivity contribution in [2.24, 2.45) is 0 Å². The molecule has 0 bridgehead atoms. The zero-order valence-electron chi connectivity index (χ0n) is 21.4. The lowest BCUT2D eigenvalue weighted by molar-refractivity contribution is -1.02. The average molecular weight is 441 g/mol. The highest BCUT2D eigenvalue weighted by molar-refractivity contribution is 5.47. The SMILES string of the molecule is Cc1cc(C[NH+]2CC[NH+](Cc3cc(C)cc(C(C)(C)C)c3O)CC2)c(O)c(C(C)(C)C)c1. The summed E-state index contributed by atoms with van der Waals surface area (Å²) in [6.45, 7) is 23.2. The normalized spacial score (nSPS) is 19.9. The van der Waals surface area contributed by atoms with E-state index in [4.69, 9.17) is 0 Å². The van der Waals surface area contributed by atoms with Crippen molar-refractivity contribution in [1.82, 2.24) is 0 Å². The third-order valence-electron chi connectivity index (χ3n) is 6.83. The highest BCUT2D eigenvalue weighted by atomic mass is 16.3. The molecule has 0 saturated carbocycles. The molecule has 0 amide bonds. The highest BCUT2D eigenvalue weighted by Gasteiger charge is 2.28. The summed E-state index contributed by atoms with van der Waals surface area (Å²) in [5.74, 6) is 0.953. The summed E-state index contributed by atoms with van der Waals surface area (Å²) >= 11 is 0. The van der Waals surface area contributed by atoms with Crippen LogP contribution in [0, 0.1) is 13.8 Å². The molecule has 0 unspecified atom stereocenters. The number of rotatable bonds is 4. The molecule has 4 N–H and O–H groups in total. The van der Waals surface area contributed by atoms with Crippen molar-refractivity contribution in [3.8, 4) is 11.5 Å². The van der Waals surface area contributed by atoms with Crippen LogP contribution in [0.5, 0.6) is 11.5 Å². The van der Waals surface area contributed by atoms with Crippen molar-refractivity contribution in [1.29, 1.82) is 0 Å². The molecular formula is C28H44N2O2+2. The van der Waals surface area contributed by atoms with Gasteiger partial charge in [-0.3, -0.25) is 0 Å². The predicted octanol–water partition coefficient (Wildman–Crippen LogP) is 2.79. The monoisotopic (exact) mass is 440 g/mol. The molecule has 0 aromatic heterocycles. The third kappa shape index (κ3) is 5.65. The van der Waals surface area contributed by atoms with Gasteiger partial charge < -0.3 is 20.0 Å². The Hall–Kier alpha value is -2.04. The minimum absolute atomic E-state index is 0.0647. The molecule has 1 aliphatic heterocycles. The first kappa shape index (κ1) is 24.6. The van der Waals surface area contributed by atoms with Gasteiger partial charge in [-0.15, -0.1) is 0 Å². The van der Waals surface area contributed by atoms with Crippen LogP contribution in [-0.4, -0.2) is 36.4 Å². The molecule has 32 heavy (non-hydrogen) atoms. The third-order valence-corrected chi connectivity index (χ3v) is 6.83. The van der Waals surface area contributed by atoms with E-state index in [1.54, 1.807) is 0 Å². The van der Waals surface area contributed by atoms with Gasteiger partial charge in [0.25, 0.3) is 0 Å². The molecule has 3 rings (SSSR count). The first-order valence-corrected chi connectivity index (χ1v) is 12.1. The van der Waals surface area contributed by atoms with Gasteiger partial charge in [0.15, 0.2) is 0 Å². The zero-order chi connectivity index (χ0) is 23.8. The summed E-state index contributed by atoms with van der Waals surface area (Å²) in [4.78, 5) is 3.05. The topological polar surface area (TPSA) is 49.3 Å². The van der Waals surface area contributed by atoms with E-state index in [2.05, 4.69) is 79.7 Å². The van der Waals surface area contributed by atoms with Crippen LogP contribution in [0.1, 0.15) is 74.9 Å². The number of piperazine rings is 1. The van der Waals surface area contributed by atoms with Gasteiger partial charge in [0.2, 0.25) is 0 Å². The first-order chi connectivity index (χ1) is 14.8. The first-order valence-electron chi connectivity index (χ1n) is 12.1. The molecule has 1 heterocycles. The van der Waals surface area contributed by atoms with Crippen molar-refractivity contribution in [3.05, 3.63) is 57.6 Å². The number of aromatic hydroxyl groups is 2. The highest BCUT2D eigenvalue weighted by Crippen LogP contribution is 2.35. The van der Waals surface area contributed by atoms with Gasteiger partial charge in [0, 0.05) is 11.1 Å². The molecular weight excluding hydrogens is 396 g/mol. The van der Waals surface area contributed by atoms with Crippen LogP contribution in [0.25, 0.3) is 0 Å². The van der Waals surface area contributed by atoms with Crippen molar-refractivity contribution >= 4 is 0 Å². The number of phenols is 2. The Morgan fingerprint density at radius 3 is 1.22 bits per heavy atom. The summed E-state index contributed by atoms with van der Waals surface area (Å²) in [5, 5.41) is 21.9. The maximum absolute atomic E-state index is 10.9. The van der Waals surface area contributed by atoms with Gasteiger partial charge in [-0.2, -0.15) is 0 Å². The Morgan fingerprint density at radius 1 is 0.625 bits per heavy atom. The summed E-state index contributed by atoms with van der Waals surface area (Å²) in [7, 11) is 0. The van der Waals surface area contributed by atoms with Gasteiger partial charge in [0.1, 0.15) is 50.8 Å². The van der Waals surface area contributed by atoms with Crippen LogP contribution in [0.3, 0.4) is 0 Å². The number of phenolic OH excluding ortho intramolecular Hbond substituents is 2. The van der Waals surface area contributed by atoms with Crippen LogP contribution < -0.4 is 9.80 Å². The van der Waals surface area contributed by atoms with Crippen LogP contribution in [0.4, 0.5) is 0 Å². The van der Waals surface area contributed by atoms with E-state index in [1.807, 2.05) is 0 Å². The van der Waals surface area contributed by atoms with Gasteiger partial charge in [-0.05, 0) is 47.9 Å². The number of quaternary nitrogens is 2. The van der Waals surface area contributed by atoms with Crippen LogP contribution in [0.15, 0.2) is 24.3 Å². The molecule has 4 nitrogen and oxygen atoms in total. The van der Waals surface area contributed by atoms with Crippen molar-refractivity contribution < 1.29 is 20.0 Å². The lowest BCUT2D eigenvalue weighted by atomic mass is 9.84. The number of benzene rings is 2. The Kier molecular flexibility index (Phi) is 6.97. The van der Waals surface area contributed by atoms with Gasteiger partial charge in [-0.1, -0.05) is 64.8 Å². The van der Waals surface area contributed by atoms with E-state index in [0.717, 1.165) is 61.5 Å². The fourth-order valence-corrected chi connectivity index (χ4v) is 4.97. The van der Waals surface area contributed by atoms with Crippen molar-refractivity contribution in [3.63, 3.8) is 0 Å². The Balaban J connectivity index is 1.67. The molecule has 1 aliphatic rings. The summed E-state index contributed by atoms with van der Waals surface area (Å²) in [5.41, 5.74) is 6.53. The number of hydrogen-bond acceptors (Lipinski definition) is 2. The van der Waals surface area contributed by atoms with E-state index in [9.17, 15) is 10.2 Å². The number of aryl methyl sites for hydroxylation is 2. The van der Waals surface area contributed by atoms with Crippen LogP contribution in [-0.2, 0) is 23.9 Å². The fraction of sp³-hybridized carbons (Fsp3) is 0.571. The molecule has 176 valence electrons. The maximum Gasteiger partial charge on any atom is 0.128 e. The fourth-order valence-electron chi connectivity index (χ4n) is 4.97. The molecule has 1 fully saturated rings. The second kappa shape index (κ2) is 9.07. The van der Waals surface area contributed by atoms with Crippen LogP contribution in [0.2, 0.25) is 0 Å². The molecule has 4 heteroatoms. The maximum atomic E-state index is 10.9. The smallest absolute Gasteiger partial charge is 0.128 e. The number of hydrogen-bond donors (Lipinski definition) is 4. The van der Waals surface area contributed by atoms with Crippen molar-refractivity contribution in [2.45, 2.75) is 79.3 Å². The largest absolute Gasteiger partial charge is 0.507 e. The Morgan fingerprint density at radius 2 is 0.938 bits per heavy atom. The van der Waals surface area contributed by atoms with Crippen LogP contribution >= 0.6 is 0 Å². The molecule has 0 atom stereocenters. The Labute approximate surface area is 194 Å². The molecule has 0 aliphatic carbocycles. The minimum atomic E-state index is -0.0647. The van der Waals surface area contributed by atoms with E-state index < -0.39 is 0 Å². The zero-order valence-corrected chi connectivity index (χ0v) is 21.4. The van der Waals surface area contributed by atoms with Gasteiger partial charge in [-0.25, -0.2) is 0 Å².